The molecule has 33 heavy (non-hydrogen) atoms. The second-order valence-corrected chi connectivity index (χ2v) is 10.0. The lowest BCUT2D eigenvalue weighted by Gasteiger charge is -2.08. The van der Waals surface area contributed by atoms with E-state index in [0.29, 0.717) is 0 Å². The zero-order valence-electron chi connectivity index (χ0n) is 22.0. The van der Waals surface area contributed by atoms with Crippen LogP contribution in [0.25, 0.3) is 0 Å². The molecule has 0 spiro atoms. The van der Waals surface area contributed by atoms with Gasteiger partial charge in [0, 0.05) is 19.2 Å². The fourth-order valence-corrected chi connectivity index (χ4v) is 4.80. The maximum absolute atomic E-state index is 5.10. The van der Waals surface area contributed by atoms with E-state index in [-0.39, 0.29) is 0 Å². The highest BCUT2D eigenvalue weighted by molar-refractivity contribution is 5.15. The van der Waals surface area contributed by atoms with Gasteiger partial charge in [-0.2, -0.15) is 0 Å². The van der Waals surface area contributed by atoms with Crippen molar-refractivity contribution in [3.8, 4) is 0 Å². The van der Waals surface area contributed by atoms with Gasteiger partial charge in [-0.25, -0.2) is 4.98 Å². The van der Waals surface area contributed by atoms with Gasteiger partial charge in [0.1, 0.15) is 5.82 Å². The van der Waals surface area contributed by atoms with Crippen LogP contribution >= 0.6 is 0 Å². The maximum Gasteiger partial charge on any atom is 0.108 e. The van der Waals surface area contributed by atoms with Gasteiger partial charge >= 0.3 is 0 Å². The van der Waals surface area contributed by atoms with Gasteiger partial charge in [-0.3, -0.25) is 0 Å². The van der Waals surface area contributed by atoms with Crippen LogP contribution in [0.3, 0.4) is 0 Å². The SMILES string of the molecule is CCCCCCCCCCn1cc(CCCc2ccccc2)nc1CCCCCCCCC. The van der Waals surface area contributed by atoms with Crippen LogP contribution in [0.2, 0.25) is 0 Å². The number of nitrogens with zero attached hydrogens (tertiary/aromatic N) is 2. The van der Waals surface area contributed by atoms with Crippen LogP contribution in [0.4, 0.5) is 0 Å². The van der Waals surface area contributed by atoms with Crippen LogP contribution in [0.5, 0.6) is 0 Å². The monoisotopic (exact) mass is 452 g/mol. The van der Waals surface area contributed by atoms with Crippen LogP contribution < -0.4 is 0 Å². The Bertz CT molecular complexity index is 688. The molecule has 0 N–H and O–H groups in total. The summed E-state index contributed by atoms with van der Waals surface area (Å²) in [7, 11) is 0. The molecule has 0 radical (unpaired) electrons. The third-order valence-corrected chi connectivity index (χ3v) is 6.91. The highest BCUT2D eigenvalue weighted by atomic mass is 15.1. The number of aromatic nitrogens is 2. The van der Waals surface area contributed by atoms with Crippen LogP contribution in [0, 0.1) is 0 Å². The lowest BCUT2D eigenvalue weighted by atomic mass is 10.1. The first-order valence-electron chi connectivity index (χ1n) is 14.4. The molecular weight excluding hydrogens is 400 g/mol. The number of imidazole rings is 1. The third kappa shape index (κ3) is 13.0. The third-order valence-electron chi connectivity index (χ3n) is 6.91. The summed E-state index contributed by atoms with van der Waals surface area (Å²) in [5.74, 6) is 1.35. The molecule has 0 unspecified atom stereocenters. The molecule has 0 atom stereocenters. The molecule has 2 nitrogen and oxygen atoms in total. The Balaban J connectivity index is 1.75. The molecule has 0 bridgehead atoms. The highest BCUT2D eigenvalue weighted by Gasteiger charge is 2.08. The molecular formula is C31H52N2. The van der Waals surface area contributed by atoms with Gasteiger partial charge in [0.2, 0.25) is 0 Å². The van der Waals surface area contributed by atoms with Crippen LogP contribution in [-0.4, -0.2) is 9.55 Å². The Morgan fingerprint density at radius 3 is 1.79 bits per heavy atom. The minimum atomic E-state index is 1.10. The Kier molecular flexibility index (Phi) is 15.8. The van der Waals surface area contributed by atoms with E-state index in [2.05, 4.69) is 54.9 Å². The average molecular weight is 453 g/mol. The van der Waals surface area contributed by atoms with Gasteiger partial charge in [-0.05, 0) is 37.7 Å². The summed E-state index contributed by atoms with van der Waals surface area (Å²) in [6.45, 7) is 5.75. The standard InChI is InChI=1S/C31H52N2/c1-3-5-7-9-11-13-15-20-27-33-28-30(25-21-24-29-22-17-16-18-23-29)32-31(33)26-19-14-12-10-8-6-4-2/h16-18,22-23,28H,3-15,19-21,24-27H2,1-2H3. The summed E-state index contributed by atoms with van der Waals surface area (Å²) < 4.78 is 2.51. The fourth-order valence-electron chi connectivity index (χ4n) is 4.80. The van der Waals surface area contributed by atoms with E-state index in [1.807, 2.05) is 0 Å². The fraction of sp³-hybridized carbons (Fsp3) is 0.710. The second-order valence-electron chi connectivity index (χ2n) is 10.0. The predicted molar refractivity (Wildman–Crippen MR) is 145 cm³/mol. The molecule has 2 heteroatoms. The zero-order valence-corrected chi connectivity index (χ0v) is 22.0. The molecule has 0 saturated carbocycles. The van der Waals surface area contributed by atoms with Crippen LogP contribution in [-0.2, 0) is 25.8 Å². The number of aryl methyl sites for hydroxylation is 4. The van der Waals surface area contributed by atoms with E-state index in [1.54, 1.807) is 0 Å². The Morgan fingerprint density at radius 1 is 0.576 bits per heavy atom. The van der Waals surface area contributed by atoms with E-state index in [4.69, 9.17) is 4.98 Å². The summed E-state index contributed by atoms with van der Waals surface area (Å²) >= 11 is 0. The normalized spacial score (nSPS) is 11.3. The zero-order chi connectivity index (χ0) is 23.4. The smallest absolute Gasteiger partial charge is 0.108 e. The van der Waals surface area contributed by atoms with Crippen molar-refractivity contribution in [3.63, 3.8) is 0 Å². The van der Waals surface area contributed by atoms with E-state index >= 15 is 0 Å². The van der Waals surface area contributed by atoms with Crippen molar-refractivity contribution in [1.29, 1.82) is 0 Å². The van der Waals surface area contributed by atoms with Crippen molar-refractivity contribution in [2.24, 2.45) is 0 Å². The molecule has 0 saturated heterocycles. The maximum atomic E-state index is 5.10. The summed E-state index contributed by atoms with van der Waals surface area (Å²) in [5, 5.41) is 0. The number of rotatable bonds is 21. The van der Waals surface area contributed by atoms with E-state index in [9.17, 15) is 0 Å². The molecule has 0 aliphatic carbocycles. The molecule has 2 rings (SSSR count). The number of unbranched alkanes of at least 4 members (excludes halogenated alkanes) is 13. The average Bonchev–Trinajstić information content (AvgIpc) is 3.22. The molecule has 0 amide bonds. The molecule has 186 valence electrons. The van der Waals surface area contributed by atoms with Crippen molar-refractivity contribution in [2.75, 3.05) is 0 Å². The highest BCUT2D eigenvalue weighted by Crippen LogP contribution is 2.15. The second kappa shape index (κ2) is 18.8. The first-order chi connectivity index (χ1) is 16.3. The largest absolute Gasteiger partial charge is 0.335 e. The van der Waals surface area contributed by atoms with Crippen LogP contribution in [0.1, 0.15) is 134 Å². The minimum absolute atomic E-state index is 1.10. The Hall–Kier alpha value is -1.57. The topological polar surface area (TPSA) is 17.8 Å². The first-order valence-corrected chi connectivity index (χ1v) is 14.4. The quantitative estimate of drug-likeness (QED) is 0.172. The van der Waals surface area contributed by atoms with Gasteiger partial charge in [0.15, 0.2) is 0 Å². The molecule has 0 aliphatic heterocycles. The number of benzene rings is 1. The summed E-state index contributed by atoms with van der Waals surface area (Å²) in [6, 6.07) is 10.9. The Morgan fingerprint density at radius 2 is 1.15 bits per heavy atom. The molecule has 1 aromatic carbocycles. The lowest BCUT2D eigenvalue weighted by molar-refractivity contribution is 0.527. The van der Waals surface area contributed by atoms with Gasteiger partial charge in [0.05, 0.1) is 5.69 Å². The molecule has 2 aromatic rings. The van der Waals surface area contributed by atoms with Crippen molar-refractivity contribution in [2.45, 2.75) is 142 Å². The van der Waals surface area contributed by atoms with Gasteiger partial charge in [0.25, 0.3) is 0 Å². The molecule has 0 aliphatic rings. The number of hydrogen-bond donors (Lipinski definition) is 0. The minimum Gasteiger partial charge on any atom is -0.335 e. The number of hydrogen-bond acceptors (Lipinski definition) is 1. The van der Waals surface area contributed by atoms with Crippen molar-refractivity contribution in [1.82, 2.24) is 9.55 Å². The predicted octanol–water partition coefficient (Wildman–Crippen LogP) is 9.49. The van der Waals surface area contributed by atoms with Crippen LogP contribution in [0.15, 0.2) is 36.5 Å². The van der Waals surface area contributed by atoms with Crippen molar-refractivity contribution < 1.29 is 0 Å². The van der Waals surface area contributed by atoms with Crippen molar-refractivity contribution in [3.05, 3.63) is 53.6 Å². The lowest BCUT2D eigenvalue weighted by Crippen LogP contribution is -2.03. The van der Waals surface area contributed by atoms with E-state index in [1.165, 1.54) is 120 Å². The molecule has 1 aromatic heterocycles. The van der Waals surface area contributed by atoms with Crippen molar-refractivity contribution >= 4 is 0 Å². The molecule has 0 fully saturated rings. The van der Waals surface area contributed by atoms with E-state index in [0.717, 1.165) is 25.8 Å². The summed E-state index contributed by atoms with van der Waals surface area (Å²) in [5.41, 5.74) is 2.75. The van der Waals surface area contributed by atoms with E-state index < -0.39 is 0 Å². The summed E-state index contributed by atoms with van der Waals surface area (Å²) in [6.07, 6.45) is 27.7. The van der Waals surface area contributed by atoms with Gasteiger partial charge < -0.3 is 4.57 Å². The molecule has 1 heterocycles. The Labute approximate surface area is 205 Å². The van der Waals surface area contributed by atoms with Gasteiger partial charge in [-0.15, -0.1) is 0 Å². The first kappa shape index (κ1) is 27.7. The van der Waals surface area contributed by atoms with Gasteiger partial charge in [-0.1, -0.05) is 128 Å². The summed E-state index contributed by atoms with van der Waals surface area (Å²) in [4.78, 5) is 5.10.